The lowest BCUT2D eigenvalue weighted by atomic mass is 9.81. The van der Waals surface area contributed by atoms with E-state index in [1.807, 2.05) is 0 Å². The first-order valence-electron chi connectivity index (χ1n) is 6.78. The van der Waals surface area contributed by atoms with E-state index in [9.17, 15) is 5.11 Å². The second-order valence-electron chi connectivity index (χ2n) is 5.61. The highest BCUT2D eigenvalue weighted by molar-refractivity contribution is 5.35. The van der Waals surface area contributed by atoms with Crippen LogP contribution in [0.25, 0.3) is 0 Å². The van der Waals surface area contributed by atoms with Crippen molar-refractivity contribution in [2.45, 2.75) is 43.6 Å². The van der Waals surface area contributed by atoms with E-state index in [1.54, 1.807) is 0 Å². The van der Waals surface area contributed by atoms with E-state index >= 15 is 0 Å². The van der Waals surface area contributed by atoms with Crippen molar-refractivity contribution in [2.75, 3.05) is 13.1 Å². The number of aliphatic hydroxyl groups is 1. The van der Waals surface area contributed by atoms with Crippen molar-refractivity contribution in [1.82, 2.24) is 5.32 Å². The van der Waals surface area contributed by atoms with Crippen molar-refractivity contribution in [3.63, 3.8) is 0 Å². The molecular weight excluding hydrogens is 210 g/mol. The quantitative estimate of drug-likeness (QED) is 0.818. The molecule has 0 spiro atoms. The fraction of sp³-hybridized carbons (Fsp3) is 0.600. The fourth-order valence-electron chi connectivity index (χ4n) is 3.41. The molecule has 92 valence electrons. The molecule has 2 nitrogen and oxygen atoms in total. The largest absolute Gasteiger partial charge is 0.390 e. The molecule has 0 bridgehead atoms. The Labute approximate surface area is 103 Å². The van der Waals surface area contributed by atoms with Crippen molar-refractivity contribution in [1.29, 1.82) is 0 Å². The number of fused-ring (bicyclic) bond motifs is 1. The zero-order valence-corrected chi connectivity index (χ0v) is 10.3. The smallest absolute Gasteiger partial charge is 0.0677 e. The summed E-state index contributed by atoms with van der Waals surface area (Å²) < 4.78 is 0. The van der Waals surface area contributed by atoms with Gasteiger partial charge in [-0.15, -0.1) is 0 Å². The number of piperidine rings is 1. The number of aryl methyl sites for hydroxylation is 1. The highest BCUT2D eigenvalue weighted by atomic mass is 16.3. The van der Waals surface area contributed by atoms with Gasteiger partial charge in [-0.1, -0.05) is 24.3 Å². The Bertz CT molecular complexity index is 396. The molecule has 0 radical (unpaired) electrons. The van der Waals surface area contributed by atoms with Crippen LogP contribution in [0.15, 0.2) is 24.3 Å². The van der Waals surface area contributed by atoms with Crippen molar-refractivity contribution >= 4 is 0 Å². The van der Waals surface area contributed by atoms with Crippen molar-refractivity contribution < 1.29 is 5.11 Å². The number of benzene rings is 1. The molecule has 1 atom stereocenters. The fourth-order valence-corrected chi connectivity index (χ4v) is 3.41. The first-order valence-corrected chi connectivity index (χ1v) is 6.78. The molecule has 1 aliphatic heterocycles. The average molecular weight is 231 g/mol. The normalized spacial score (nSPS) is 26.8. The van der Waals surface area contributed by atoms with Crippen molar-refractivity contribution in [2.24, 2.45) is 0 Å². The number of rotatable bonds is 2. The van der Waals surface area contributed by atoms with Crippen LogP contribution >= 0.6 is 0 Å². The molecule has 1 fully saturated rings. The maximum atomic E-state index is 10.6. The summed E-state index contributed by atoms with van der Waals surface area (Å²) in [5, 5.41) is 13.9. The summed E-state index contributed by atoms with van der Waals surface area (Å²) in [6.45, 7) is 1.93. The molecule has 2 heteroatoms. The van der Waals surface area contributed by atoms with Crippen LogP contribution in [0.4, 0.5) is 0 Å². The molecule has 2 N–H and O–H groups in total. The Kier molecular flexibility index (Phi) is 2.93. The van der Waals surface area contributed by atoms with Gasteiger partial charge in [-0.2, -0.15) is 0 Å². The van der Waals surface area contributed by atoms with E-state index in [-0.39, 0.29) is 0 Å². The zero-order valence-electron chi connectivity index (χ0n) is 10.3. The molecule has 17 heavy (non-hydrogen) atoms. The number of hydrogen-bond donors (Lipinski definition) is 2. The standard InChI is InChI=1S/C15H21NO/c17-15(7-9-16-10-8-15)11-13-6-5-12-3-1-2-4-14(12)13/h1-4,13,16-17H,5-11H2. The SMILES string of the molecule is OC1(CC2CCc3ccccc32)CCNCC1. The van der Waals surface area contributed by atoms with Crippen LogP contribution < -0.4 is 5.32 Å². The van der Waals surface area contributed by atoms with E-state index in [0.29, 0.717) is 5.92 Å². The molecule has 0 aromatic heterocycles. The summed E-state index contributed by atoms with van der Waals surface area (Å²) >= 11 is 0. The first-order chi connectivity index (χ1) is 8.27. The topological polar surface area (TPSA) is 32.3 Å². The van der Waals surface area contributed by atoms with Crippen LogP contribution in [0.3, 0.4) is 0 Å². The lowest BCUT2D eigenvalue weighted by Crippen LogP contribution is -2.42. The van der Waals surface area contributed by atoms with Crippen LogP contribution in [-0.2, 0) is 6.42 Å². The predicted octanol–water partition coefficient (Wildman–Crippen LogP) is 2.22. The monoisotopic (exact) mass is 231 g/mol. The van der Waals surface area contributed by atoms with E-state index in [1.165, 1.54) is 24.0 Å². The lowest BCUT2D eigenvalue weighted by molar-refractivity contribution is -0.00368. The third-order valence-electron chi connectivity index (χ3n) is 4.42. The third kappa shape index (κ3) is 2.24. The number of nitrogens with one attached hydrogen (secondary N) is 1. The Balaban J connectivity index is 1.74. The molecule has 0 saturated carbocycles. The van der Waals surface area contributed by atoms with E-state index in [2.05, 4.69) is 29.6 Å². The zero-order chi connectivity index (χ0) is 11.7. The van der Waals surface area contributed by atoms with Crippen LogP contribution in [-0.4, -0.2) is 23.8 Å². The summed E-state index contributed by atoms with van der Waals surface area (Å²) in [5.41, 5.74) is 2.56. The van der Waals surface area contributed by atoms with Crippen LogP contribution in [0.2, 0.25) is 0 Å². The highest BCUT2D eigenvalue weighted by Gasteiger charge is 2.34. The van der Waals surface area contributed by atoms with Gasteiger partial charge in [0.2, 0.25) is 0 Å². The summed E-state index contributed by atoms with van der Waals surface area (Å²) in [6, 6.07) is 8.74. The molecule has 2 aliphatic rings. The van der Waals surface area contributed by atoms with Gasteiger partial charge >= 0.3 is 0 Å². The van der Waals surface area contributed by atoms with E-state index in [0.717, 1.165) is 32.4 Å². The van der Waals surface area contributed by atoms with E-state index in [4.69, 9.17) is 0 Å². The molecule has 1 aromatic carbocycles. The minimum absolute atomic E-state index is 0.423. The van der Waals surface area contributed by atoms with Crippen molar-refractivity contribution in [3.05, 3.63) is 35.4 Å². The van der Waals surface area contributed by atoms with Gasteiger partial charge in [0.05, 0.1) is 5.60 Å². The highest BCUT2D eigenvalue weighted by Crippen LogP contribution is 2.40. The second-order valence-corrected chi connectivity index (χ2v) is 5.61. The Hall–Kier alpha value is -0.860. The predicted molar refractivity (Wildman–Crippen MR) is 69.2 cm³/mol. The lowest BCUT2D eigenvalue weighted by Gasteiger charge is -2.35. The molecule has 3 rings (SSSR count). The Morgan fingerprint density at radius 2 is 2.00 bits per heavy atom. The Morgan fingerprint density at radius 3 is 2.82 bits per heavy atom. The Morgan fingerprint density at radius 1 is 1.24 bits per heavy atom. The van der Waals surface area contributed by atoms with Gasteiger partial charge in [0.1, 0.15) is 0 Å². The average Bonchev–Trinajstić information content (AvgIpc) is 2.73. The number of hydrogen-bond acceptors (Lipinski definition) is 2. The summed E-state index contributed by atoms with van der Waals surface area (Å²) in [5.74, 6) is 0.578. The molecule has 1 aliphatic carbocycles. The van der Waals surface area contributed by atoms with Gasteiger partial charge in [0.15, 0.2) is 0 Å². The van der Waals surface area contributed by atoms with Crippen LogP contribution in [0, 0.1) is 0 Å². The molecule has 1 aromatic rings. The summed E-state index contributed by atoms with van der Waals surface area (Å²) in [6.07, 6.45) is 5.17. The van der Waals surface area contributed by atoms with E-state index < -0.39 is 5.60 Å². The van der Waals surface area contributed by atoms with Gasteiger partial charge in [0, 0.05) is 0 Å². The van der Waals surface area contributed by atoms with Gasteiger partial charge in [0.25, 0.3) is 0 Å². The molecule has 1 heterocycles. The van der Waals surface area contributed by atoms with Crippen LogP contribution in [0.5, 0.6) is 0 Å². The molecule has 1 unspecified atom stereocenters. The van der Waals surface area contributed by atoms with Gasteiger partial charge in [-0.25, -0.2) is 0 Å². The second kappa shape index (κ2) is 4.43. The van der Waals surface area contributed by atoms with Gasteiger partial charge < -0.3 is 10.4 Å². The van der Waals surface area contributed by atoms with Gasteiger partial charge in [-0.05, 0) is 62.2 Å². The minimum Gasteiger partial charge on any atom is -0.390 e. The first kappa shape index (κ1) is 11.2. The van der Waals surface area contributed by atoms with Gasteiger partial charge in [-0.3, -0.25) is 0 Å². The van der Waals surface area contributed by atoms with Crippen molar-refractivity contribution in [3.8, 4) is 0 Å². The summed E-state index contributed by atoms with van der Waals surface area (Å²) in [7, 11) is 0. The third-order valence-corrected chi connectivity index (χ3v) is 4.42. The molecule has 0 amide bonds. The maximum absolute atomic E-state index is 10.6. The minimum atomic E-state index is -0.423. The maximum Gasteiger partial charge on any atom is 0.0677 e. The summed E-state index contributed by atoms with van der Waals surface area (Å²) in [4.78, 5) is 0. The van der Waals surface area contributed by atoms with Crippen LogP contribution in [0.1, 0.15) is 42.7 Å². The molecular formula is C15H21NO. The molecule has 1 saturated heterocycles.